The number of hydrogen-bond donors (Lipinski definition) is 2. The van der Waals surface area contributed by atoms with Crippen LogP contribution in [0.15, 0.2) is 0 Å². The second kappa shape index (κ2) is 5.69. The predicted molar refractivity (Wildman–Crippen MR) is 57.4 cm³/mol. The first-order valence-electron chi connectivity index (χ1n) is 5.97. The molecule has 82 valence electrons. The fraction of sp³-hybridized carbons (Fsp3) is 1.00. The molecule has 2 heterocycles. The third kappa shape index (κ3) is 3.23. The van der Waals surface area contributed by atoms with Gasteiger partial charge in [-0.1, -0.05) is 0 Å². The van der Waals surface area contributed by atoms with Gasteiger partial charge in [0.05, 0.1) is 0 Å². The molecule has 3 heteroatoms. The van der Waals surface area contributed by atoms with Crippen LogP contribution in [0.25, 0.3) is 0 Å². The largest absolute Gasteiger partial charge is 0.381 e. The Hall–Kier alpha value is -0.120. The smallest absolute Gasteiger partial charge is 0.0495 e. The number of nitrogens with one attached hydrogen (secondary N) is 2. The van der Waals surface area contributed by atoms with Crippen molar-refractivity contribution in [2.75, 3.05) is 32.8 Å². The van der Waals surface area contributed by atoms with Crippen LogP contribution in [-0.4, -0.2) is 38.9 Å². The number of piperidine rings is 1. The fourth-order valence-electron chi connectivity index (χ4n) is 2.33. The molecule has 14 heavy (non-hydrogen) atoms. The molecule has 0 saturated carbocycles. The highest BCUT2D eigenvalue weighted by molar-refractivity contribution is 4.75. The summed E-state index contributed by atoms with van der Waals surface area (Å²) in [4.78, 5) is 0. The molecule has 0 aromatic heterocycles. The van der Waals surface area contributed by atoms with Crippen molar-refractivity contribution < 1.29 is 4.74 Å². The topological polar surface area (TPSA) is 33.3 Å². The average molecular weight is 198 g/mol. The van der Waals surface area contributed by atoms with Crippen molar-refractivity contribution in [3.63, 3.8) is 0 Å². The molecule has 1 unspecified atom stereocenters. The zero-order chi connectivity index (χ0) is 9.64. The Morgan fingerprint density at radius 3 is 2.79 bits per heavy atom. The quantitative estimate of drug-likeness (QED) is 0.699. The first-order chi connectivity index (χ1) is 6.95. The first kappa shape index (κ1) is 10.4. The highest BCUT2D eigenvalue weighted by Crippen LogP contribution is 2.15. The summed E-state index contributed by atoms with van der Waals surface area (Å²) in [5.74, 6) is 0.823. The van der Waals surface area contributed by atoms with Crippen LogP contribution in [-0.2, 0) is 4.74 Å². The predicted octanol–water partition coefficient (Wildman–Crippen LogP) is 0.755. The van der Waals surface area contributed by atoms with Crippen LogP contribution in [0.1, 0.15) is 25.7 Å². The summed E-state index contributed by atoms with van der Waals surface area (Å²) in [6.45, 7) is 5.53. The van der Waals surface area contributed by atoms with E-state index in [1.165, 1.54) is 45.3 Å². The van der Waals surface area contributed by atoms with Gasteiger partial charge in [-0.25, -0.2) is 0 Å². The summed E-state index contributed by atoms with van der Waals surface area (Å²) in [5.41, 5.74) is 0. The summed E-state index contributed by atoms with van der Waals surface area (Å²) in [5, 5.41) is 7.04. The van der Waals surface area contributed by atoms with Crippen LogP contribution in [0.3, 0.4) is 0 Å². The Kier molecular flexibility index (Phi) is 4.22. The lowest BCUT2D eigenvalue weighted by Crippen LogP contribution is -2.40. The van der Waals surface area contributed by atoms with Crippen LogP contribution in [0.5, 0.6) is 0 Å². The van der Waals surface area contributed by atoms with Crippen molar-refractivity contribution in [3.05, 3.63) is 0 Å². The Labute approximate surface area is 86.6 Å². The molecule has 0 spiro atoms. The Morgan fingerprint density at radius 1 is 1.21 bits per heavy atom. The standard InChI is InChI=1S/C11H22N2O/c1(10-4-8-14-9-10)7-13-11-2-5-12-6-3-11/h10-13H,1-9H2. The van der Waals surface area contributed by atoms with E-state index in [-0.39, 0.29) is 0 Å². The number of ether oxygens (including phenoxy) is 1. The van der Waals surface area contributed by atoms with Crippen molar-refractivity contribution in [2.24, 2.45) is 5.92 Å². The number of rotatable bonds is 4. The maximum Gasteiger partial charge on any atom is 0.0495 e. The monoisotopic (exact) mass is 198 g/mol. The molecule has 2 aliphatic rings. The summed E-state index contributed by atoms with van der Waals surface area (Å²) in [6.07, 6.45) is 5.15. The van der Waals surface area contributed by atoms with E-state index >= 15 is 0 Å². The van der Waals surface area contributed by atoms with E-state index in [1.54, 1.807) is 0 Å². The molecule has 2 aliphatic heterocycles. The van der Waals surface area contributed by atoms with Gasteiger partial charge in [-0.15, -0.1) is 0 Å². The molecule has 0 aromatic carbocycles. The van der Waals surface area contributed by atoms with Gasteiger partial charge in [0.25, 0.3) is 0 Å². The second-order valence-electron chi connectivity index (χ2n) is 4.50. The maximum atomic E-state index is 5.36. The Bertz CT molecular complexity index is 151. The Balaban J connectivity index is 1.52. The molecule has 2 fully saturated rings. The molecule has 0 radical (unpaired) electrons. The summed E-state index contributed by atoms with van der Waals surface area (Å²) >= 11 is 0. The highest BCUT2D eigenvalue weighted by Gasteiger charge is 2.16. The molecule has 3 nitrogen and oxygen atoms in total. The molecule has 2 saturated heterocycles. The van der Waals surface area contributed by atoms with Crippen LogP contribution < -0.4 is 10.6 Å². The van der Waals surface area contributed by atoms with E-state index in [2.05, 4.69) is 10.6 Å². The zero-order valence-electron chi connectivity index (χ0n) is 8.93. The average Bonchev–Trinajstić information content (AvgIpc) is 2.72. The normalized spacial score (nSPS) is 29.6. The lowest BCUT2D eigenvalue weighted by atomic mass is 10.0. The third-order valence-corrected chi connectivity index (χ3v) is 3.35. The molecule has 2 N–H and O–H groups in total. The molecular weight excluding hydrogens is 176 g/mol. The van der Waals surface area contributed by atoms with Crippen molar-refractivity contribution in [3.8, 4) is 0 Å². The Morgan fingerprint density at radius 2 is 2.07 bits per heavy atom. The number of hydrogen-bond acceptors (Lipinski definition) is 3. The van der Waals surface area contributed by atoms with E-state index in [1.807, 2.05) is 0 Å². The van der Waals surface area contributed by atoms with Crippen molar-refractivity contribution in [2.45, 2.75) is 31.7 Å². The lowest BCUT2D eigenvalue weighted by Gasteiger charge is -2.24. The van der Waals surface area contributed by atoms with Crippen molar-refractivity contribution in [1.82, 2.24) is 10.6 Å². The van der Waals surface area contributed by atoms with E-state index < -0.39 is 0 Å². The summed E-state index contributed by atoms with van der Waals surface area (Å²) < 4.78 is 5.36. The maximum absolute atomic E-state index is 5.36. The van der Waals surface area contributed by atoms with Crippen LogP contribution in [0, 0.1) is 5.92 Å². The van der Waals surface area contributed by atoms with Gasteiger partial charge >= 0.3 is 0 Å². The molecule has 0 aliphatic carbocycles. The summed E-state index contributed by atoms with van der Waals surface area (Å²) in [6, 6.07) is 0.763. The molecule has 0 aromatic rings. The van der Waals surface area contributed by atoms with Crippen molar-refractivity contribution >= 4 is 0 Å². The molecule has 0 amide bonds. The third-order valence-electron chi connectivity index (χ3n) is 3.35. The van der Waals surface area contributed by atoms with Crippen LogP contribution in [0.4, 0.5) is 0 Å². The summed E-state index contributed by atoms with van der Waals surface area (Å²) in [7, 11) is 0. The van der Waals surface area contributed by atoms with Crippen LogP contribution in [0.2, 0.25) is 0 Å². The van der Waals surface area contributed by atoms with E-state index in [4.69, 9.17) is 4.74 Å². The van der Waals surface area contributed by atoms with Gasteiger partial charge in [-0.2, -0.15) is 0 Å². The van der Waals surface area contributed by atoms with Gasteiger partial charge in [-0.05, 0) is 51.2 Å². The minimum atomic E-state index is 0.763. The van der Waals surface area contributed by atoms with Gasteiger partial charge in [-0.3, -0.25) is 0 Å². The lowest BCUT2D eigenvalue weighted by molar-refractivity contribution is 0.183. The minimum absolute atomic E-state index is 0.763. The van der Waals surface area contributed by atoms with E-state index in [0.717, 1.165) is 25.2 Å². The van der Waals surface area contributed by atoms with Gasteiger partial charge in [0.2, 0.25) is 0 Å². The molecule has 2 rings (SSSR count). The molecule has 1 atom stereocenters. The zero-order valence-corrected chi connectivity index (χ0v) is 8.93. The SMILES string of the molecule is C1CC(NCCC2CCOC2)CCN1. The minimum Gasteiger partial charge on any atom is -0.381 e. The van der Waals surface area contributed by atoms with Gasteiger partial charge in [0.15, 0.2) is 0 Å². The fourth-order valence-corrected chi connectivity index (χ4v) is 2.33. The van der Waals surface area contributed by atoms with Crippen LogP contribution >= 0.6 is 0 Å². The molecular formula is C11H22N2O. The highest BCUT2D eigenvalue weighted by atomic mass is 16.5. The second-order valence-corrected chi connectivity index (χ2v) is 4.50. The first-order valence-corrected chi connectivity index (χ1v) is 5.97. The van der Waals surface area contributed by atoms with E-state index in [0.29, 0.717) is 0 Å². The van der Waals surface area contributed by atoms with Gasteiger partial charge < -0.3 is 15.4 Å². The van der Waals surface area contributed by atoms with Gasteiger partial charge in [0.1, 0.15) is 0 Å². The van der Waals surface area contributed by atoms with Crippen molar-refractivity contribution in [1.29, 1.82) is 0 Å². The molecule has 0 bridgehead atoms. The van der Waals surface area contributed by atoms with Gasteiger partial charge in [0, 0.05) is 19.3 Å². The van der Waals surface area contributed by atoms with E-state index in [9.17, 15) is 0 Å².